The van der Waals surface area contributed by atoms with Crippen molar-refractivity contribution in [3.8, 4) is 0 Å². The van der Waals surface area contributed by atoms with Gasteiger partial charge in [-0.15, -0.1) is 0 Å². The summed E-state index contributed by atoms with van der Waals surface area (Å²) in [6, 6.07) is 16.4. The smallest absolute Gasteiger partial charge is 0.0487 e. The van der Waals surface area contributed by atoms with Crippen LogP contribution in [0, 0.1) is 0 Å². The minimum Gasteiger partial charge on any atom is -0.398 e. The number of halogens is 1. The molecule has 0 aliphatic carbocycles. The summed E-state index contributed by atoms with van der Waals surface area (Å²) in [6.45, 7) is 1.01. The van der Waals surface area contributed by atoms with Gasteiger partial charge >= 0.3 is 0 Å². The van der Waals surface area contributed by atoms with Gasteiger partial charge in [-0.1, -0.05) is 68.4 Å². The Morgan fingerprint density at radius 3 is 2.35 bits per heavy atom. The molecule has 0 amide bonds. The third-order valence-corrected chi connectivity index (χ3v) is 5.91. The molecule has 0 heterocycles. The first-order valence-electron chi connectivity index (χ1n) is 6.39. The van der Waals surface area contributed by atoms with Crippen molar-refractivity contribution in [1.29, 1.82) is 0 Å². The van der Waals surface area contributed by atoms with Crippen molar-refractivity contribution in [2.24, 2.45) is 0 Å². The SMILES string of the molecule is Nc1ccccc1SSc1ccccc1NCCCI. The summed E-state index contributed by atoms with van der Waals surface area (Å²) < 4.78 is 1.18. The van der Waals surface area contributed by atoms with Gasteiger partial charge in [0.25, 0.3) is 0 Å². The summed E-state index contributed by atoms with van der Waals surface area (Å²) in [5, 5.41) is 3.49. The van der Waals surface area contributed by atoms with E-state index in [-0.39, 0.29) is 0 Å². The molecule has 0 atom stereocenters. The van der Waals surface area contributed by atoms with Crippen LogP contribution in [0.3, 0.4) is 0 Å². The number of hydrogen-bond donors (Lipinski definition) is 2. The van der Waals surface area contributed by atoms with Crippen LogP contribution < -0.4 is 11.1 Å². The van der Waals surface area contributed by atoms with E-state index in [1.807, 2.05) is 18.2 Å². The molecule has 0 unspecified atom stereocenters. The largest absolute Gasteiger partial charge is 0.398 e. The van der Waals surface area contributed by atoms with Crippen molar-refractivity contribution in [3.63, 3.8) is 0 Å². The molecule has 0 spiro atoms. The van der Waals surface area contributed by atoms with E-state index in [1.54, 1.807) is 21.6 Å². The summed E-state index contributed by atoms with van der Waals surface area (Å²) in [6.07, 6.45) is 1.18. The molecular formula is C15H17IN2S2. The van der Waals surface area contributed by atoms with Crippen molar-refractivity contribution in [3.05, 3.63) is 48.5 Å². The minimum atomic E-state index is 0.834. The molecule has 2 aromatic rings. The van der Waals surface area contributed by atoms with Gasteiger partial charge in [0.2, 0.25) is 0 Å². The Morgan fingerprint density at radius 1 is 0.950 bits per heavy atom. The minimum absolute atomic E-state index is 0.834. The Balaban J connectivity index is 2.00. The van der Waals surface area contributed by atoms with Gasteiger partial charge in [0.1, 0.15) is 0 Å². The maximum atomic E-state index is 5.97. The Kier molecular flexibility index (Phi) is 6.89. The molecule has 0 aliphatic heterocycles. The fourth-order valence-corrected chi connectivity index (χ4v) is 4.27. The molecule has 0 aromatic heterocycles. The molecule has 5 heteroatoms. The van der Waals surface area contributed by atoms with Gasteiger partial charge in [-0.3, -0.25) is 0 Å². The first kappa shape index (κ1) is 15.9. The van der Waals surface area contributed by atoms with Crippen LogP contribution in [0.5, 0.6) is 0 Å². The first-order chi connectivity index (χ1) is 9.81. The van der Waals surface area contributed by atoms with E-state index >= 15 is 0 Å². The second-order valence-electron chi connectivity index (χ2n) is 4.17. The van der Waals surface area contributed by atoms with Gasteiger partial charge in [0.15, 0.2) is 0 Å². The van der Waals surface area contributed by atoms with E-state index in [0.717, 1.165) is 17.1 Å². The normalized spacial score (nSPS) is 10.4. The highest BCUT2D eigenvalue weighted by Crippen LogP contribution is 2.42. The first-order valence-corrected chi connectivity index (χ1v) is 10.1. The second kappa shape index (κ2) is 8.69. The van der Waals surface area contributed by atoms with Gasteiger partial charge in [0, 0.05) is 32.1 Å². The van der Waals surface area contributed by atoms with Gasteiger partial charge in [0.05, 0.1) is 0 Å². The van der Waals surface area contributed by atoms with Crippen LogP contribution in [0.4, 0.5) is 11.4 Å². The summed E-state index contributed by atoms with van der Waals surface area (Å²) in [5.41, 5.74) is 8.00. The molecule has 2 aromatic carbocycles. The number of benzene rings is 2. The van der Waals surface area contributed by atoms with Gasteiger partial charge in [-0.25, -0.2) is 0 Å². The zero-order chi connectivity index (χ0) is 14.2. The Bertz CT molecular complexity index is 549. The standard InChI is InChI=1S/C15H17IN2S2/c16-10-5-11-18-13-7-2-4-9-15(13)20-19-14-8-3-1-6-12(14)17/h1-4,6-9,18H,5,10-11,17H2. The molecule has 0 radical (unpaired) electrons. The lowest BCUT2D eigenvalue weighted by Gasteiger charge is -2.11. The van der Waals surface area contributed by atoms with Crippen LogP contribution in [-0.2, 0) is 0 Å². The van der Waals surface area contributed by atoms with E-state index in [9.17, 15) is 0 Å². The number of alkyl halides is 1. The summed E-state index contributed by atoms with van der Waals surface area (Å²) in [7, 11) is 3.45. The molecule has 0 fully saturated rings. The molecule has 20 heavy (non-hydrogen) atoms. The number of nitrogen functional groups attached to an aromatic ring is 1. The second-order valence-corrected chi connectivity index (χ2v) is 7.46. The van der Waals surface area contributed by atoms with Crippen LogP contribution in [0.2, 0.25) is 0 Å². The molecule has 0 saturated heterocycles. The molecule has 0 saturated carbocycles. The quantitative estimate of drug-likeness (QED) is 0.211. The summed E-state index contributed by atoms with van der Waals surface area (Å²) in [4.78, 5) is 2.36. The predicted molar refractivity (Wildman–Crippen MR) is 101 cm³/mol. The van der Waals surface area contributed by atoms with Crippen molar-refractivity contribution < 1.29 is 0 Å². The molecule has 0 aliphatic rings. The van der Waals surface area contributed by atoms with E-state index < -0.39 is 0 Å². The fourth-order valence-electron chi connectivity index (χ4n) is 1.62. The maximum Gasteiger partial charge on any atom is 0.0487 e. The van der Waals surface area contributed by atoms with Gasteiger partial charge in [-0.2, -0.15) is 0 Å². The molecule has 106 valence electrons. The Hall–Kier alpha value is -0.530. The van der Waals surface area contributed by atoms with Crippen LogP contribution in [0.15, 0.2) is 58.3 Å². The number of anilines is 2. The highest BCUT2D eigenvalue weighted by molar-refractivity contribution is 14.1. The highest BCUT2D eigenvalue weighted by Gasteiger charge is 2.05. The lowest BCUT2D eigenvalue weighted by Crippen LogP contribution is -2.02. The monoisotopic (exact) mass is 416 g/mol. The Morgan fingerprint density at radius 2 is 1.60 bits per heavy atom. The van der Waals surface area contributed by atoms with Crippen LogP contribution in [0.25, 0.3) is 0 Å². The molecule has 2 nitrogen and oxygen atoms in total. The van der Waals surface area contributed by atoms with Gasteiger partial charge in [-0.05, 0) is 30.7 Å². The zero-order valence-corrected chi connectivity index (χ0v) is 14.8. The van der Waals surface area contributed by atoms with E-state index in [2.05, 4.69) is 58.2 Å². The number of nitrogens with two attached hydrogens (primary N) is 1. The van der Waals surface area contributed by atoms with Crippen LogP contribution in [0.1, 0.15) is 6.42 Å². The average Bonchev–Trinajstić information content (AvgIpc) is 2.48. The van der Waals surface area contributed by atoms with Crippen molar-refractivity contribution >= 4 is 55.6 Å². The third-order valence-electron chi connectivity index (χ3n) is 2.65. The van der Waals surface area contributed by atoms with Crippen LogP contribution in [-0.4, -0.2) is 11.0 Å². The maximum absolute atomic E-state index is 5.97. The van der Waals surface area contributed by atoms with Crippen molar-refractivity contribution in [2.75, 3.05) is 22.0 Å². The summed E-state index contributed by atoms with van der Waals surface area (Å²) in [5.74, 6) is 0. The van der Waals surface area contributed by atoms with Gasteiger partial charge < -0.3 is 11.1 Å². The molecule has 0 bridgehead atoms. The third kappa shape index (κ3) is 4.79. The van der Waals surface area contributed by atoms with Crippen molar-refractivity contribution in [2.45, 2.75) is 16.2 Å². The number of rotatable bonds is 7. The highest BCUT2D eigenvalue weighted by atomic mass is 127. The predicted octanol–water partition coefficient (Wildman–Crippen LogP) is 5.31. The summed E-state index contributed by atoms with van der Waals surface area (Å²) >= 11 is 2.40. The average molecular weight is 416 g/mol. The number of nitrogens with one attached hydrogen (secondary N) is 1. The Labute approximate surface area is 141 Å². The lowest BCUT2D eigenvalue weighted by atomic mass is 10.3. The number of para-hydroxylation sites is 2. The van der Waals surface area contributed by atoms with E-state index in [4.69, 9.17) is 5.73 Å². The molecule has 3 N–H and O–H groups in total. The molecule has 2 rings (SSSR count). The lowest BCUT2D eigenvalue weighted by molar-refractivity contribution is 1.00. The zero-order valence-electron chi connectivity index (χ0n) is 11.0. The number of hydrogen-bond acceptors (Lipinski definition) is 4. The van der Waals surface area contributed by atoms with Crippen molar-refractivity contribution in [1.82, 2.24) is 0 Å². The fraction of sp³-hybridized carbons (Fsp3) is 0.200. The van der Waals surface area contributed by atoms with Crippen LogP contribution >= 0.6 is 44.2 Å². The molecular weight excluding hydrogens is 399 g/mol. The topological polar surface area (TPSA) is 38.0 Å². The van der Waals surface area contributed by atoms with E-state index in [1.165, 1.54) is 21.4 Å². The van der Waals surface area contributed by atoms with E-state index in [0.29, 0.717) is 0 Å².